The quantitative estimate of drug-likeness (QED) is 0.308. The molecule has 27 heavy (non-hydrogen) atoms. The van der Waals surface area contributed by atoms with E-state index in [1.165, 1.54) is 7.11 Å². The van der Waals surface area contributed by atoms with Gasteiger partial charge >= 0.3 is 0 Å². The summed E-state index contributed by atoms with van der Waals surface area (Å²) in [6.07, 6.45) is -0.947. The third-order valence-electron chi connectivity index (χ3n) is 3.76. The number of nitrogens with one attached hydrogen (secondary N) is 1. The molecule has 0 amide bonds. The van der Waals surface area contributed by atoms with Crippen molar-refractivity contribution in [3.63, 3.8) is 0 Å². The molecule has 0 aliphatic rings. The van der Waals surface area contributed by atoms with Crippen LogP contribution in [-0.4, -0.2) is 35.1 Å². The van der Waals surface area contributed by atoms with Crippen LogP contribution in [0.25, 0.3) is 0 Å². The van der Waals surface area contributed by atoms with E-state index in [2.05, 4.69) is 10.3 Å². The Morgan fingerprint density at radius 1 is 1.11 bits per heavy atom. The highest BCUT2D eigenvalue weighted by Crippen LogP contribution is 2.32. The highest BCUT2D eigenvalue weighted by Gasteiger charge is 2.34. The van der Waals surface area contributed by atoms with Crippen LogP contribution in [0.5, 0.6) is 0 Å². The van der Waals surface area contributed by atoms with Crippen molar-refractivity contribution >= 4 is 63.7 Å². The molecule has 0 saturated heterocycles. The summed E-state index contributed by atoms with van der Waals surface area (Å²) in [6, 6.07) is 17.3. The van der Waals surface area contributed by atoms with Crippen molar-refractivity contribution < 1.29 is 4.74 Å². The van der Waals surface area contributed by atoms with Gasteiger partial charge in [-0.3, -0.25) is 0 Å². The number of benzene rings is 2. The molecule has 2 aromatic rings. The first kappa shape index (κ1) is 21.8. The number of thiocarbonyl (C=S) groups is 1. The second kappa shape index (κ2) is 9.60. The van der Waals surface area contributed by atoms with E-state index >= 15 is 0 Å². The fraction of sp³-hybridized carbons (Fsp3) is 0.263. The first-order valence-corrected chi connectivity index (χ1v) is 9.61. The number of alkyl halides is 3. The summed E-state index contributed by atoms with van der Waals surface area (Å²) >= 11 is 23.9. The van der Waals surface area contributed by atoms with Crippen molar-refractivity contribution in [3.8, 4) is 0 Å². The Balaban J connectivity index is 2.26. The molecular weight excluding hydrogens is 425 g/mol. The van der Waals surface area contributed by atoms with Gasteiger partial charge in [-0.15, -0.1) is 0 Å². The van der Waals surface area contributed by atoms with Gasteiger partial charge in [0.05, 0.1) is 7.11 Å². The molecule has 0 aliphatic heterocycles. The number of para-hydroxylation sites is 1. The minimum atomic E-state index is -1.74. The Morgan fingerprint density at radius 3 is 2.22 bits per heavy atom. The summed E-state index contributed by atoms with van der Waals surface area (Å²) in [5, 5.41) is 3.36. The molecule has 144 valence electrons. The van der Waals surface area contributed by atoms with E-state index in [4.69, 9.17) is 51.8 Å². The third kappa shape index (κ3) is 6.25. The van der Waals surface area contributed by atoms with Gasteiger partial charge in [-0.1, -0.05) is 70.7 Å². The standard InChI is InChI=1S/C19H20Cl3N3OS/c1-13-9-11-14(12-10-13)16(26-3)23-17(19(20,21)22)24-18(27)25(2)15-7-5-4-6-8-15/h4-12,17H,1-3H3,(H,24,27)/t17-/m0/s1. The Morgan fingerprint density at radius 2 is 1.70 bits per heavy atom. The maximum Gasteiger partial charge on any atom is 0.230 e. The first-order valence-electron chi connectivity index (χ1n) is 8.07. The fourth-order valence-corrected chi connectivity index (χ4v) is 2.76. The SMILES string of the molecule is COC(=N[C@@H](NC(=S)N(C)c1ccccc1)C(Cl)(Cl)Cl)c1ccc(C)cc1. The molecule has 1 N–H and O–H groups in total. The van der Waals surface area contributed by atoms with Crippen molar-refractivity contribution in [2.45, 2.75) is 16.9 Å². The van der Waals surface area contributed by atoms with E-state index in [0.29, 0.717) is 11.0 Å². The van der Waals surface area contributed by atoms with Crippen molar-refractivity contribution in [3.05, 3.63) is 65.7 Å². The molecule has 0 aliphatic carbocycles. The molecule has 2 aromatic carbocycles. The minimum absolute atomic E-state index is 0.337. The summed E-state index contributed by atoms with van der Waals surface area (Å²) in [7, 11) is 3.34. The Bertz CT molecular complexity index is 792. The van der Waals surface area contributed by atoms with Crippen LogP contribution in [0.1, 0.15) is 11.1 Å². The number of rotatable bonds is 4. The van der Waals surface area contributed by atoms with Gasteiger partial charge in [0.1, 0.15) is 0 Å². The average molecular weight is 445 g/mol. The van der Waals surface area contributed by atoms with E-state index in [9.17, 15) is 0 Å². The van der Waals surface area contributed by atoms with E-state index < -0.39 is 9.96 Å². The zero-order valence-corrected chi connectivity index (χ0v) is 18.2. The van der Waals surface area contributed by atoms with Crippen LogP contribution in [0.2, 0.25) is 0 Å². The van der Waals surface area contributed by atoms with Gasteiger partial charge in [0.25, 0.3) is 0 Å². The van der Waals surface area contributed by atoms with E-state index in [1.807, 2.05) is 68.6 Å². The van der Waals surface area contributed by atoms with Crippen molar-refractivity contribution in [2.75, 3.05) is 19.1 Å². The molecule has 0 heterocycles. The molecule has 0 fully saturated rings. The van der Waals surface area contributed by atoms with Gasteiger partial charge < -0.3 is 15.0 Å². The molecule has 0 spiro atoms. The van der Waals surface area contributed by atoms with Crippen molar-refractivity contribution in [1.82, 2.24) is 5.32 Å². The van der Waals surface area contributed by atoms with Gasteiger partial charge in [0.2, 0.25) is 9.69 Å². The second-order valence-electron chi connectivity index (χ2n) is 5.79. The molecule has 4 nitrogen and oxygen atoms in total. The third-order valence-corrected chi connectivity index (χ3v) is 4.77. The zero-order chi connectivity index (χ0) is 20.0. The Kier molecular flexibility index (Phi) is 7.74. The van der Waals surface area contributed by atoms with Crippen molar-refractivity contribution in [1.29, 1.82) is 0 Å². The average Bonchev–Trinajstić information content (AvgIpc) is 2.65. The lowest BCUT2D eigenvalue weighted by atomic mass is 10.1. The van der Waals surface area contributed by atoms with Crippen LogP contribution in [0, 0.1) is 6.92 Å². The van der Waals surface area contributed by atoms with Crippen LogP contribution in [0.15, 0.2) is 59.6 Å². The lowest BCUT2D eigenvalue weighted by Crippen LogP contribution is -2.48. The molecule has 0 aromatic heterocycles. The van der Waals surface area contributed by atoms with Gasteiger partial charge in [-0.2, -0.15) is 0 Å². The maximum atomic E-state index is 6.14. The van der Waals surface area contributed by atoms with Crippen LogP contribution in [-0.2, 0) is 4.74 Å². The molecule has 0 radical (unpaired) electrons. The number of aliphatic imine (C=N–C) groups is 1. The van der Waals surface area contributed by atoms with Crippen LogP contribution < -0.4 is 10.2 Å². The normalized spacial score (nSPS) is 13.0. The van der Waals surface area contributed by atoms with Crippen LogP contribution in [0.3, 0.4) is 0 Å². The number of methoxy groups -OCH3 is 1. The smallest absolute Gasteiger partial charge is 0.230 e. The highest BCUT2D eigenvalue weighted by atomic mass is 35.6. The van der Waals surface area contributed by atoms with Crippen LogP contribution in [0.4, 0.5) is 5.69 Å². The molecule has 1 atom stereocenters. The summed E-state index contributed by atoms with van der Waals surface area (Å²) in [5.74, 6) is 0.337. The lowest BCUT2D eigenvalue weighted by Gasteiger charge is -2.28. The highest BCUT2D eigenvalue weighted by molar-refractivity contribution is 7.80. The van der Waals surface area contributed by atoms with Gasteiger partial charge in [0, 0.05) is 18.3 Å². The summed E-state index contributed by atoms with van der Waals surface area (Å²) in [6.45, 7) is 2.00. The molecule has 0 unspecified atom stereocenters. The lowest BCUT2D eigenvalue weighted by molar-refractivity contribution is 0.397. The number of hydrogen-bond acceptors (Lipinski definition) is 3. The van der Waals surface area contributed by atoms with Crippen molar-refractivity contribution in [2.24, 2.45) is 4.99 Å². The molecule has 0 bridgehead atoms. The van der Waals surface area contributed by atoms with Gasteiger partial charge in [0.15, 0.2) is 11.3 Å². The number of nitrogens with zero attached hydrogens (tertiary/aromatic N) is 2. The van der Waals surface area contributed by atoms with Gasteiger partial charge in [-0.25, -0.2) is 4.99 Å². The predicted molar refractivity (Wildman–Crippen MR) is 119 cm³/mol. The molecule has 2 rings (SSSR count). The number of hydrogen-bond donors (Lipinski definition) is 1. The Hall–Kier alpha value is -1.53. The minimum Gasteiger partial charge on any atom is -0.481 e. The van der Waals surface area contributed by atoms with Gasteiger partial charge in [-0.05, 0) is 43.4 Å². The number of halogens is 3. The number of aryl methyl sites for hydroxylation is 1. The summed E-state index contributed by atoms with van der Waals surface area (Å²) in [5.41, 5.74) is 2.79. The maximum absolute atomic E-state index is 6.14. The van der Waals surface area contributed by atoms with E-state index in [-0.39, 0.29) is 0 Å². The second-order valence-corrected chi connectivity index (χ2v) is 8.55. The molecule has 0 saturated carbocycles. The monoisotopic (exact) mass is 443 g/mol. The first-order chi connectivity index (χ1) is 12.7. The Labute approximate surface area is 180 Å². The van der Waals surface area contributed by atoms with Crippen LogP contribution >= 0.6 is 47.0 Å². The topological polar surface area (TPSA) is 36.9 Å². The summed E-state index contributed by atoms with van der Waals surface area (Å²) < 4.78 is 3.67. The zero-order valence-electron chi connectivity index (χ0n) is 15.1. The summed E-state index contributed by atoms with van der Waals surface area (Å²) in [4.78, 5) is 6.23. The fourth-order valence-electron chi connectivity index (χ4n) is 2.23. The number of anilines is 1. The van der Waals surface area contributed by atoms with E-state index in [0.717, 1.165) is 16.8 Å². The predicted octanol–water partition coefficient (Wildman–Crippen LogP) is 5.10. The number of ether oxygens (including phenoxy) is 1. The molecular formula is C19H20Cl3N3OS. The van der Waals surface area contributed by atoms with E-state index in [1.54, 1.807) is 4.90 Å². The molecule has 8 heteroatoms. The largest absolute Gasteiger partial charge is 0.481 e.